The van der Waals surface area contributed by atoms with E-state index < -0.39 is 5.41 Å². The molecule has 0 saturated carbocycles. The van der Waals surface area contributed by atoms with Crippen molar-refractivity contribution in [1.29, 1.82) is 0 Å². The summed E-state index contributed by atoms with van der Waals surface area (Å²) in [7, 11) is 0. The molecule has 0 fully saturated rings. The standard InChI is InChI=1S/C26H42O4/c1-6-10-14-21(8-3)19-29-24(27)23-16-12-13-17-26(5,18-23)25(28)30-20-22(9-4)15-11-7-2/h12-13,16-18,21-22H,6-11,14-15,19-20H2,1-5H3. The predicted octanol–water partition coefficient (Wildman–Crippen LogP) is 6.56. The van der Waals surface area contributed by atoms with E-state index in [-0.39, 0.29) is 11.9 Å². The minimum absolute atomic E-state index is 0.322. The molecule has 0 aromatic carbocycles. The summed E-state index contributed by atoms with van der Waals surface area (Å²) >= 11 is 0. The normalized spacial score (nSPS) is 20.2. The fourth-order valence-electron chi connectivity index (χ4n) is 3.51. The Labute approximate surface area is 183 Å². The van der Waals surface area contributed by atoms with E-state index in [0.717, 1.165) is 51.4 Å². The van der Waals surface area contributed by atoms with Crippen molar-refractivity contribution in [2.75, 3.05) is 13.2 Å². The van der Waals surface area contributed by atoms with E-state index >= 15 is 0 Å². The van der Waals surface area contributed by atoms with E-state index in [9.17, 15) is 9.59 Å². The van der Waals surface area contributed by atoms with Crippen LogP contribution in [0.2, 0.25) is 0 Å². The first-order chi connectivity index (χ1) is 14.4. The number of hydrogen-bond acceptors (Lipinski definition) is 4. The lowest BCUT2D eigenvalue weighted by Crippen LogP contribution is -2.28. The second kappa shape index (κ2) is 14.2. The van der Waals surface area contributed by atoms with Crippen molar-refractivity contribution in [2.45, 2.75) is 86.0 Å². The summed E-state index contributed by atoms with van der Waals surface area (Å²) < 4.78 is 11.2. The average Bonchev–Trinajstić information content (AvgIpc) is 2.96. The summed E-state index contributed by atoms with van der Waals surface area (Å²) in [5.74, 6) is 0.0658. The number of rotatable bonds is 14. The summed E-state index contributed by atoms with van der Waals surface area (Å²) in [5.41, 5.74) is -0.574. The Morgan fingerprint density at radius 3 is 2.00 bits per heavy atom. The number of allylic oxidation sites excluding steroid dienone is 2. The van der Waals surface area contributed by atoms with Crippen molar-refractivity contribution in [1.82, 2.24) is 0 Å². The monoisotopic (exact) mass is 418 g/mol. The molecule has 4 nitrogen and oxygen atoms in total. The Hall–Kier alpha value is -1.84. The van der Waals surface area contributed by atoms with Gasteiger partial charge < -0.3 is 9.47 Å². The maximum atomic E-state index is 12.9. The van der Waals surface area contributed by atoms with Crippen molar-refractivity contribution in [3.63, 3.8) is 0 Å². The van der Waals surface area contributed by atoms with E-state index in [1.807, 2.05) is 0 Å². The number of esters is 2. The summed E-state index contributed by atoms with van der Waals surface area (Å²) in [6.45, 7) is 11.2. The van der Waals surface area contributed by atoms with Gasteiger partial charge in [-0.05, 0) is 43.8 Å². The molecule has 0 radical (unpaired) electrons. The molecular formula is C26H42O4. The number of unbranched alkanes of at least 4 members (excludes halogenated alkanes) is 2. The molecule has 4 heteroatoms. The largest absolute Gasteiger partial charge is 0.465 e. The van der Waals surface area contributed by atoms with Crippen molar-refractivity contribution in [3.05, 3.63) is 36.0 Å². The van der Waals surface area contributed by atoms with Gasteiger partial charge in [-0.25, -0.2) is 4.79 Å². The SMILES string of the molecule is CCCCC(CC)COC(=O)C1=CC(C)(C(=O)OCC(CC)CCCC)C=CC=C1. The van der Waals surface area contributed by atoms with Gasteiger partial charge in [0.1, 0.15) is 5.41 Å². The highest BCUT2D eigenvalue weighted by atomic mass is 16.5. The molecule has 0 aromatic rings. The average molecular weight is 419 g/mol. The highest BCUT2D eigenvalue weighted by Crippen LogP contribution is 2.28. The maximum Gasteiger partial charge on any atom is 0.337 e. The van der Waals surface area contributed by atoms with Crippen LogP contribution in [0.3, 0.4) is 0 Å². The third kappa shape index (κ3) is 8.89. The molecule has 30 heavy (non-hydrogen) atoms. The van der Waals surface area contributed by atoms with Crippen LogP contribution in [0.15, 0.2) is 36.0 Å². The molecule has 0 aliphatic heterocycles. The lowest BCUT2D eigenvalue weighted by molar-refractivity contribution is -0.151. The van der Waals surface area contributed by atoms with Crippen LogP contribution in [0.5, 0.6) is 0 Å². The van der Waals surface area contributed by atoms with Gasteiger partial charge in [0.15, 0.2) is 0 Å². The molecule has 1 aliphatic rings. The number of carbonyl (C=O) groups excluding carboxylic acids is 2. The predicted molar refractivity (Wildman–Crippen MR) is 123 cm³/mol. The van der Waals surface area contributed by atoms with Gasteiger partial charge in [-0.1, -0.05) is 84.4 Å². The van der Waals surface area contributed by atoms with Crippen LogP contribution in [0.25, 0.3) is 0 Å². The molecule has 0 spiro atoms. The minimum atomic E-state index is -0.979. The Balaban J connectivity index is 2.76. The molecule has 3 atom stereocenters. The zero-order chi connectivity index (χ0) is 22.4. The zero-order valence-corrected chi connectivity index (χ0v) is 19.7. The quantitative estimate of drug-likeness (QED) is 0.300. The lowest BCUT2D eigenvalue weighted by atomic mass is 9.88. The second-order valence-electron chi connectivity index (χ2n) is 8.63. The van der Waals surface area contributed by atoms with Crippen LogP contribution in [0.4, 0.5) is 0 Å². The Bertz CT molecular complexity index is 617. The molecule has 0 aromatic heterocycles. The number of ether oxygens (including phenoxy) is 2. The van der Waals surface area contributed by atoms with Crippen LogP contribution in [0.1, 0.15) is 86.0 Å². The van der Waals surface area contributed by atoms with E-state index in [1.54, 1.807) is 37.3 Å². The van der Waals surface area contributed by atoms with Crippen LogP contribution in [0, 0.1) is 17.3 Å². The molecule has 3 unspecified atom stereocenters. The van der Waals surface area contributed by atoms with Crippen molar-refractivity contribution in [3.8, 4) is 0 Å². The van der Waals surface area contributed by atoms with Crippen molar-refractivity contribution in [2.24, 2.45) is 17.3 Å². The maximum absolute atomic E-state index is 12.9. The fourth-order valence-corrected chi connectivity index (χ4v) is 3.51. The molecule has 1 rings (SSSR count). The van der Waals surface area contributed by atoms with Crippen molar-refractivity contribution < 1.29 is 19.1 Å². The van der Waals surface area contributed by atoms with E-state index in [0.29, 0.717) is 30.6 Å². The summed E-state index contributed by atoms with van der Waals surface area (Å²) in [5, 5.41) is 0. The van der Waals surface area contributed by atoms with Crippen LogP contribution in [-0.4, -0.2) is 25.2 Å². The second-order valence-corrected chi connectivity index (χ2v) is 8.63. The highest BCUT2D eigenvalue weighted by molar-refractivity contribution is 5.94. The van der Waals surface area contributed by atoms with Gasteiger partial charge in [0.2, 0.25) is 0 Å². The summed E-state index contributed by atoms with van der Waals surface area (Å²) in [4.78, 5) is 25.5. The molecule has 170 valence electrons. The Kier molecular flexibility index (Phi) is 12.4. The number of hydrogen-bond donors (Lipinski definition) is 0. The summed E-state index contributed by atoms with van der Waals surface area (Å²) in [6.07, 6.45) is 17.4. The molecular weight excluding hydrogens is 376 g/mol. The van der Waals surface area contributed by atoms with Gasteiger partial charge in [0, 0.05) is 0 Å². The first-order valence-corrected chi connectivity index (χ1v) is 11.8. The molecule has 0 bridgehead atoms. The first kappa shape index (κ1) is 26.2. The molecule has 0 N–H and O–H groups in total. The van der Waals surface area contributed by atoms with Gasteiger partial charge >= 0.3 is 11.9 Å². The zero-order valence-electron chi connectivity index (χ0n) is 19.7. The molecule has 0 heterocycles. The molecule has 1 aliphatic carbocycles. The molecule has 0 saturated heterocycles. The Morgan fingerprint density at radius 2 is 1.47 bits per heavy atom. The number of carbonyl (C=O) groups is 2. The third-order valence-corrected chi connectivity index (χ3v) is 5.95. The van der Waals surface area contributed by atoms with Gasteiger partial charge in [0.05, 0.1) is 18.8 Å². The molecule has 0 amide bonds. The smallest absolute Gasteiger partial charge is 0.337 e. The van der Waals surface area contributed by atoms with Gasteiger partial charge in [-0.3, -0.25) is 4.79 Å². The van der Waals surface area contributed by atoms with Gasteiger partial charge in [-0.2, -0.15) is 0 Å². The minimum Gasteiger partial charge on any atom is -0.465 e. The van der Waals surface area contributed by atoms with E-state index in [4.69, 9.17) is 9.47 Å². The van der Waals surface area contributed by atoms with Crippen LogP contribution < -0.4 is 0 Å². The Morgan fingerprint density at radius 1 is 0.900 bits per heavy atom. The highest BCUT2D eigenvalue weighted by Gasteiger charge is 2.32. The van der Waals surface area contributed by atoms with Crippen LogP contribution >= 0.6 is 0 Å². The summed E-state index contributed by atoms with van der Waals surface area (Å²) in [6, 6.07) is 0. The van der Waals surface area contributed by atoms with Crippen LogP contribution in [-0.2, 0) is 19.1 Å². The van der Waals surface area contributed by atoms with E-state index in [1.165, 1.54) is 0 Å². The topological polar surface area (TPSA) is 52.6 Å². The first-order valence-electron chi connectivity index (χ1n) is 11.8. The van der Waals surface area contributed by atoms with Gasteiger partial charge in [0.25, 0.3) is 0 Å². The van der Waals surface area contributed by atoms with E-state index in [2.05, 4.69) is 27.7 Å². The fraction of sp³-hybridized carbons (Fsp3) is 0.692. The lowest BCUT2D eigenvalue weighted by Gasteiger charge is -2.23. The van der Waals surface area contributed by atoms with Crippen molar-refractivity contribution >= 4 is 11.9 Å². The third-order valence-electron chi connectivity index (χ3n) is 5.95. The van der Waals surface area contributed by atoms with Gasteiger partial charge in [-0.15, -0.1) is 0 Å².